The molecule has 0 saturated carbocycles. The third-order valence-electron chi connectivity index (χ3n) is 2.46. The molecular formula is C14H10N2O3. The van der Waals surface area contributed by atoms with Crippen molar-refractivity contribution < 1.29 is 14.0 Å². The number of anilines is 1. The molecule has 0 radical (unpaired) electrons. The van der Waals surface area contributed by atoms with Gasteiger partial charge >= 0.3 is 0 Å². The Labute approximate surface area is 109 Å². The molecule has 1 atom stereocenters. The Kier molecular flexibility index (Phi) is 3.74. The molecule has 0 spiro atoms. The van der Waals surface area contributed by atoms with Gasteiger partial charge in [-0.05, 0) is 24.3 Å². The molecule has 5 heteroatoms. The van der Waals surface area contributed by atoms with E-state index in [9.17, 15) is 9.59 Å². The molecule has 94 valence electrons. The highest BCUT2D eigenvalue weighted by molar-refractivity contribution is 6.14. The summed E-state index contributed by atoms with van der Waals surface area (Å²) in [6.45, 7) is 0. The molecular weight excluding hydrogens is 244 g/mol. The highest BCUT2D eigenvalue weighted by Crippen LogP contribution is 2.13. The van der Waals surface area contributed by atoms with Gasteiger partial charge in [0, 0.05) is 5.69 Å². The smallest absolute Gasteiger partial charge is 0.249 e. The second-order valence-electron chi connectivity index (χ2n) is 3.76. The van der Waals surface area contributed by atoms with E-state index in [2.05, 4.69) is 5.32 Å². The van der Waals surface area contributed by atoms with Crippen molar-refractivity contribution in [1.82, 2.24) is 0 Å². The normalized spacial score (nSPS) is 11.3. The van der Waals surface area contributed by atoms with Gasteiger partial charge < -0.3 is 9.73 Å². The number of nitrogens with one attached hydrogen (secondary N) is 1. The fourth-order valence-corrected chi connectivity index (χ4v) is 1.53. The number of carbonyl (C=O) groups excluding carboxylic acids is 2. The fraction of sp³-hybridized carbons (Fsp3) is 0.0714. The Balaban J connectivity index is 2.13. The van der Waals surface area contributed by atoms with E-state index in [1.54, 1.807) is 36.4 Å². The summed E-state index contributed by atoms with van der Waals surface area (Å²) in [5.74, 6) is -2.75. The number of furan rings is 1. The average Bonchev–Trinajstić information content (AvgIpc) is 2.94. The molecule has 1 unspecified atom stereocenters. The van der Waals surface area contributed by atoms with Crippen LogP contribution in [0.4, 0.5) is 5.69 Å². The quantitative estimate of drug-likeness (QED) is 0.670. The average molecular weight is 254 g/mol. The molecule has 0 aliphatic heterocycles. The number of carbonyl (C=O) groups is 2. The second kappa shape index (κ2) is 5.65. The number of rotatable bonds is 4. The van der Waals surface area contributed by atoms with Crippen LogP contribution in [0, 0.1) is 17.2 Å². The van der Waals surface area contributed by atoms with Crippen LogP contribution in [0.5, 0.6) is 0 Å². The maximum absolute atomic E-state index is 11.9. The molecule has 1 amide bonds. The highest BCUT2D eigenvalue weighted by Gasteiger charge is 2.29. The first kappa shape index (κ1) is 12.6. The van der Waals surface area contributed by atoms with Crippen LogP contribution in [-0.2, 0) is 4.79 Å². The minimum Gasteiger partial charge on any atom is -0.461 e. The molecule has 0 bridgehead atoms. The number of Topliss-reactive ketones (excluding diaryl/α,β-unsaturated/α-hetero) is 1. The van der Waals surface area contributed by atoms with Crippen LogP contribution in [0.25, 0.3) is 0 Å². The maximum atomic E-state index is 11.9. The molecule has 1 aromatic carbocycles. The van der Waals surface area contributed by atoms with E-state index in [0.29, 0.717) is 5.69 Å². The molecule has 2 aromatic rings. The molecule has 1 N–H and O–H groups in total. The first-order chi connectivity index (χ1) is 9.22. The number of nitriles is 1. The first-order valence-corrected chi connectivity index (χ1v) is 5.55. The minimum atomic E-state index is -1.42. The lowest BCUT2D eigenvalue weighted by Crippen LogP contribution is -2.28. The van der Waals surface area contributed by atoms with Crippen molar-refractivity contribution in [3.8, 4) is 6.07 Å². The number of ketones is 1. The Morgan fingerprint density at radius 1 is 1.16 bits per heavy atom. The molecule has 19 heavy (non-hydrogen) atoms. The van der Waals surface area contributed by atoms with Crippen LogP contribution in [0.2, 0.25) is 0 Å². The summed E-state index contributed by atoms with van der Waals surface area (Å²) in [6.07, 6.45) is 1.32. The predicted octanol–water partition coefficient (Wildman–Crippen LogP) is 2.24. The van der Waals surface area contributed by atoms with Crippen LogP contribution in [0.15, 0.2) is 53.1 Å². The fourth-order valence-electron chi connectivity index (χ4n) is 1.53. The summed E-state index contributed by atoms with van der Waals surface area (Å²) in [4.78, 5) is 23.8. The zero-order chi connectivity index (χ0) is 13.7. The van der Waals surface area contributed by atoms with Crippen LogP contribution < -0.4 is 5.32 Å². The van der Waals surface area contributed by atoms with Crippen molar-refractivity contribution in [2.75, 3.05) is 5.32 Å². The van der Waals surface area contributed by atoms with Gasteiger partial charge in [-0.25, -0.2) is 0 Å². The van der Waals surface area contributed by atoms with Gasteiger partial charge in [-0.2, -0.15) is 5.26 Å². The highest BCUT2D eigenvalue weighted by atomic mass is 16.3. The Bertz CT molecular complexity index is 612. The molecule has 1 aromatic heterocycles. The van der Waals surface area contributed by atoms with Crippen molar-refractivity contribution in [3.05, 3.63) is 54.5 Å². The van der Waals surface area contributed by atoms with Crippen molar-refractivity contribution >= 4 is 17.4 Å². The first-order valence-electron chi connectivity index (χ1n) is 5.55. The maximum Gasteiger partial charge on any atom is 0.249 e. The van der Waals surface area contributed by atoms with E-state index in [4.69, 9.17) is 9.68 Å². The zero-order valence-electron chi connectivity index (χ0n) is 9.87. The van der Waals surface area contributed by atoms with Gasteiger partial charge in [-0.3, -0.25) is 9.59 Å². The summed E-state index contributed by atoms with van der Waals surface area (Å²) in [6, 6.07) is 13.3. The summed E-state index contributed by atoms with van der Waals surface area (Å²) < 4.78 is 4.90. The van der Waals surface area contributed by atoms with Gasteiger partial charge in [0.05, 0.1) is 12.3 Å². The summed E-state index contributed by atoms with van der Waals surface area (Å²) in [5.41, 5.74) is 0.528. The SMILES string of the molecule is N#CC(C(=O)Nc1ccccc1)C(=O)c1ccco1. The monoisotopic (exact) mass is 254 g/mol. The Morgan fingerprint density at radius 2 is 1.89 bits per heavy atom. The Morgan fingerprint density at radius 3 is 2.47 bits per heavy atom. The molecule has 5 nitrogen and oxygen atoms in total. The summed E-state index contributed by atoms with van der Waals surface area (Å²) >= 11 is 0. The van der Waals surface area contributed by atoms with Gasteiger partial charge in [-0.1, -0.05) is 18.2 Å². The van der Waals surface area contributed by atoms with Crippen LogP contribution in [0.3, 0.4) is 0 Å². The zero-order valence-corrected chi connectivity index (χ0v) is 9.87. The van der Waals surface area contributed by atoms with E-state index >= 15 is 0 Å². The lowest BCUT2D eigenvalue weighted by atomic mass is 10.0. The predicted molar refractivity (Wildman–Crippen MR) is 67.2 cm³/mol. The third-order valence-corrected chi connectivity index (χ3v) is 2.46. The molecule has 0 saturated heterocycles. The number of hydrogen-bond acceptors (Lipinski definition) is 4. The summed E-state index contributed by atoms with van der Waals surface area (Å²) in [7, 11) is 0. The van der Waals surface area contributed by atoms with Crippen LogP contribution in [-0.4, -0.2) is 11.7 Å². The van der Waals surface area contributed by atoms with Gasteiger partial charge in [0.25, 0.3) is 0 Å². The van der Waals surface area contributed by atoms with Gasteiger partial charge in [-0.15, -0.1) is 0 Å². The van der Waals surface area contributed by atoms with Gasteiger partial charge in [0.2, 0.25) is 11.7 Å². The largest absolute Gasteiger partial charge is 0.461 e. The van der Waals surface area contributed by atoms with Crippen molar-refractivity contribution in [2.24, 2.45) is 5.92 Å². The number of nitrogens with zero attached hydrogens (tertiary/aromatic N) is 1. The number of amides is 1. The van der Waals surface area contributed by atoms with E-state index in [0.717, 1.165) is 0 Å². The van der Waals surface area contributed by atoms with E-state index in [1.165, 1.54) is 18.4 Å². The number of para-hydroxylation sites is 1. The molecule has 0 aliphatic rings. The minimum absolute atomic E-state index is 0.00485. The van der Waals surface area contributed by atoms with E-state index in [1.807, 2.05) is 0 Å². The van der Waals surface area contributed by atoms with Crippen molar-refractivity contribution in [2.45, 2.75) is 0 Å². The number of hydrogen-bond donors (Lipinski definition) is 1. The van der Waals surface area contributed by atoms with Crippen LogP contribution >= 0.6 is 0 Å². The molecule has 1 heterocycles. The second-order valence-corrected chi connectivity index (χ2v) is 3.76. The number of benzene rings is 1. The van der Waals surface area contributed by atoms with E-state index < -0.39 is 17.6 Å². The molecule has 2 rings (SSSR count). The van der Waals surface area contributed by atoms with E-state index in [-0.39, 0.29) is 5.76 Å². The third kappa shape index (κ3) is 2.87. The lowest BCUT2D eigenvalue weighted by molar-refractivity contribution is -0.117. The standard InChI is InChI=1S/C14H10N2O3/c15-9-11(13(17)12-7-4-8-19-12)14(18)16-10-5-2-1-3-6-10/h1-8,11H,(H,16,18). The van der Waals surface area contributed by atoms with Gasteiger partial charge in [0.15, 0.2) is 11.7 Å². The lowest BCUT2D eigenvalue weighted by Gasteiger charge is -2.08. The molecule has 0 aliphatic carbocycles. The van der Waals surface area contributed by atoms with Gasteiger partial charge in [0.1, 0.15) is 0 Å². The Hall–Kier alpha value is -2.87. The molecule has 0 fully saturated rings. The summed E-state index contributed by atoms with van der Waals surface area (Å²) in [5, 5.41) is 11.5. The van der Waals surface area contributed by atoms with Crippen molar-refractivity contribution in [3.63, 3.8) is 0 Å². The van der Waals surface area contributed by atoms with Crippen LogP contribution in [0.1, 0.15) is 10.6 Å². The topological polar surface area (TPSA) is 83.1 Å². The van der Waals surface area contributed by atoms with Crippen molar-refractivity contribution in [1.29, 1.82) is 5.26 Å².